The highest BCUT2D eigenvalue weighted by atomic mass is 35.5. The average Bonchev–Trinajstić information content (AvgIpc) is 2.75. The number of hydrogen-bond donors (Lipinski definition) is 1. The molecule has 1 atom stereocenters. The molecule has 2 aromatic carbocycles. The first-order valence-electron chi connectivity index (χ1n) is 9.60. The molecule has 1 heterocycles. The van der Waals surface area contributed by atoms with Gasteiger partial charge in [0.25, 0.3) is 11.6 Å². The Kier molecular flexibility index (Phi) is 7.55. The third-order valence-corrected chi connectivity index (χ3v) is 5.27. The molecule has 0 aliphatic carbocycles. The summed E-state index contributed by atoms with van der Waals surface area (Å²) in [6.07, 6.45) is 0. The molecule has 0 saturated carbocycles. The molecular formula is C21H20Cl2N2O7. The van der Waals surface area contributed by atoms with Gasteiger partial charge in [0.1, 0.15) is 23.4 Å². The molecule has 3 rings (SSSR count). The molecule has 0 radical (unpaired) electrons. The molecule has 9 nitrogen and oxygen atoms in total. The Morgan fingerprint density at radius 2 is 2.00 bits per heavy atom. The molecule has 32 heavy (non-hydrogen) atoms. The van der Waals surface area contributed by atoms with E-state index in [1.807, 2.05) is 0 Å². The number of rotatable bonds is 7. The van der Waals surface area contributed by atoms with Crippen LogP contribution in [-0.2, 0) is 27.5 Å². The lowest BCUT2D eigenvalue weighted by Crippen LogP contribution is -2.45. The number of nitrogens with zero attached hydrogens (tertiary/aromatic N) is 1. The number of nitro benzene ring substituents is 1. The third kappa shape index (κ3) is 5.48. The van der Waals surface area contributed by atoms with Gasteiger partial charge in [-0.25, -0.2) is 4.79 Å². The fourth-order valence-electron chi connectivity index (χ4n) is 3.12. The van der Waals surface area contributed by atoms with Crippen molar-refractivity contribution in [1.29, 1.82) is 0 Å². The third-order valence-electron chi connectivity index (χ3n) is 4.73. The van der Waals surface area contributed by atoms with E-state index in [0.29, 0.717) is 22.9 Å². The minimum atomic E-state index is -0.989. The van der Waals surface area contributed by atoms with Crippen LogP contribution in [0.5, 0.6) is 5.75 Å². The van der Waals surface area contributed by atoms with Crippen LogP contribution in [0.3, 0.4) is 0 Å². The zero-order valence-corrected chi connectivity index (χ0v) is 18.7. The van der Waals surface area contributed by atoms with Gasteiger partial charge in [0.2, 0.25) is 0 Å². The molecule has 0 spiro atoms. The summed E-state index contributed by atoms with van der Waals surface area (Å²) in [5.74, 6) is -1.10. The van der Waals surface area contributed by atoms with Crippen molar-refractivity contribution >= 4 is 40.8 Å². The van der Waals surface area contributed by atoms with Crippen LogP contribution in [0.15, 0.2) is 30.3 Å². The molecule has 1 amide bonds. The van der Waals surface area contributed by atoms with E-state index in [1.54, 1.807) is 26.0 Å². The van der Waals surface area contributed by atoms with E-state index in [0.717, 1.165) is 11.6 Å². The van der Waals surface area contributed by atoms with Crippen molar-refractivity contribution in [1.82, 2.24) is 5.32 Å². The van der Waals surface area contributed by atoms with Gasteiger partial charge in [0, 0.05) is 27.8 Å². The summed E-state index contributed by atoms with van der Waals surface area (Å²) in [5.41, 5.74) is 0.911. The van der Waals surface area contributed by atoms with Crippen LogP contribution < -0.4 is 10.1 Å². The molecule has 1 aliphatic rings. The number of carbonyl (C=O) groups excluding carboxylic acids is 2. The lowest BCUT2D eigenvalue weighted by atomic mass is 10.0. The first-order valence-corrected chi connectivity index (χ1v) is 10.4. The normalized spacial score (nSPS) is 13.7. The fraction of sp³-hybridized carbons (Fsp3) is 0.333. The maximum Gasteiger partial charge on any atom is 0.329 e. The molecule has 2 aromatic rings. The maximum atomic E-state index is 12.7. The topological polar surface area (TPSA) is 117 Å². The zero-order valence-electron chi connectivity index (χ0n) is 17.2. The highest BCUT2D eigenvalue weighted by Gasteiger charge is 2.28. The molecule has 0 unspecified atom stereocenters. The van der Waals surface area contributed by atoms with Crippen LogP contribution in [0.4, 0.5) is 5.69 Å². The molecule has 0 saturated heterocycles. The van der Waals surface area contributed by atoms with Gasteiger partial charge in [-0.1, -0.05) is 37.0 Å². The van der Waals surface area contributed by atoms with Crippen molar-refractivity contribution < 1.29 is 28.7 Å². The van der Waals surface area contributed by atoms with Gasteiger partial charge in [0.15, 0.2) is 6.79 Å². The van der Waals surface area contributed by atoms with Crippen molar-refractivity contribution in [2.75, 3.05) is 6.79 Å². The minimum Gasteiger partial charge on any atom is -0.467 e. The van der Waals surface area contributed by atoms with E-state index >= 15 is 0 Å². The van der Waals surface area contributed by atoms with E-state index in [1.165, 1.54) is 12.1 Å². The first kappa shape index (κ1) is 23.8. The summed E-state index contributed by atoms with van der Waals surface area (Å²) < 4.78 is 16.2. The number of hydrogen-bond acceptors (Lipinski definition) is 7. The highest BCUT2D eigenvalue weighted by molar-refractivity contribution is 6.32. The standard InChI is InChI=1S/C21H20Cl2N2O7/c1-11(2)18(24-20(26)12-3-4-16(23)17(7-12)25(28)29)21(27)31-9-14-6-15(22)5-13-8-30-10-32-19(13)14/h3-7,11,18H,8-10H2,1-2H3,(H,24,26)/t18-/m0/s1. The summed E-state index contributed by atoms with van der Waals surface area (Å²) >= 11 is 11.9. The van der Waals surface area contributed by atoms with E-state index in [-0.39, 0.29) is 29.9 Å². The fourth-order valence-corrected chi connectivity index (χ4v) is 3.57. The number of amides is 1. The van der Waals surface area contributed by atoms with E-state index in [9.17, 15) is 19.7 Å². The molecule has 1 aliphatic heterocycles. The monoisotopic (exact) mass is 482 g/mol. The quantitative estimate of drug-likeness (QED) is 0.355. The summed E-state index contributed by atoms with van der Waals surface area (Å²) in [6.45, 7) is 3.76. The summed E-state index contributed by atoms with van der Waals surface area (Å²) in [7, 11) is 0. The molecule has 11 heteroatoms. The summed E-state index contributed by atoms with van der Waals surface area (Å²) in [4.78, 5) is 35.7. The van der Waals surface area contributed by atoms with Crippen LogP contribution in [0, 0.1) is 16.0 Å². The van der Waals surface area contributed by atoms with E-state index < -0.39 is 28.5 Å². The first-order chi connectivity index (χ1) is 15.2. The zero-order chi connectivity index (χ0) is 23.4. The molecular weight excluding hydrogens is 463 g/mol. The van der Waals surface area contributed by atoms with Crippen LogP contribution >= 0.6 is 23.2 Å². The highest BCUT2D eigenvalue weighted by Crippen LogP contribution is 2.32. The number of ether oxygens (including phenoxy) is 3. The Bertz CT molecular complexity index is 1060. The Morgan fingerprint density at radius 1 is 1.25 bits per heavy atom. The predicted octanol–water partition coefficient (Wildman–Crippen LogP) is 4.27. The molecule has 170 valence electrons. The van der Waals surface area contributed by atoms with Gasteiger partial charge in [-0.3, -0.25) is 14.9 Å². The van der Waals surface area contributed by atoms with Crippen LogP contribution in [0.25, 0.3) is 0 Å². The van der Waals surface area contributed by atoms with Gasteiger partial charge in [-0.15, -0.1) is 0 Å². The van der Waals surface area contributed by atoms with Gasteiger partial charge in [-0.05, 0) is 30.2 Å². The van der Waals surface area contributed by atoms with Crippen molar-refractivity contribution in [3.8, 4) is 5.75 Å². The Hall–Kier alpha value is -2.88. The van der Waals surface area contributed by atoms with Gasteiger partial charge in [0.05, 0.1) is 11.5 Å². The number of carbonyl (C=O) groups is 2. The molecule has 1 N–H and O–H groups in total. The maximum absolute atomic E-state index is 12.7. The number of nitro groups is 1. The van der Waals surface area contributed by atoms with Crippen LogP contribution in [-0.4, -0.2) is 29.6 Å². The number of halogens is 2. The van der Waals surface area contributed by atoms with Gasteiger partial charge >= 0.3 is 5.97 Å². The van der Waals surface area contributed by atoms with E-state index in [4.69, 9.17) is 37.4 Å². The largest absolute Gasteiger partial charge is 0.467 e. The lowest BCUT2D eigenvalue weighted by molar-refractivity contribution is -0.384. The average molecular weight is 483 g/mol. The van der Waals surface area contributed by atoms with Crippen molar-refractivity contribution in [3.05, 3.63) is 67.2 Å². The van der Waals surface area contributed by atoms with Crippen molar-refractivity contribution in [2.24, 2.45) is 5.92 Å². The number of esters is 1. The van der Waals surface area contributed by atoms with Gasteiger partial charge in [-0.2, -0.15) is 0 Å². The number of nitrogens with one attached hydrogen (secondary N) is 1. The van der Waals surface area contributed by atoms with Crippen LogP contribution in [0.2, 0.25) is 10.0 Å². The Labute approximate surface area is 193 Å². The predicted molar refractivity (Wildman–Crippen MR) is 116 cm³/mol. The summed E-state index contributed by atoms with van der Waals surface area (Å²) in [5, 5.41) is 14.0. The Morgan fingerprint density at radius 3 is 2.69 bits per heavy atom. The second-order valence-electron chi connectivity index (χ2n) is 7.39. The van der Waals surface area contributed by atoms with Crippen molar-refractivity contribution in [2.45, 2.75) is 33.1 Å². The molecule has 0 aromatic heterocycles. The second kappa shape index (κ2) is 10.2. The number of benzene rings is 2. The lowest BCUT2D eigenvalue weighted by Gasteiger charge is -2.23. The summed E-state index contributed by atoms with van der Waals surface area (Å²) in [6, 6.07) is 6.00. The molecule has 0 fully saturated rings. The molecule has 0 bridgehead atoms. The number of fused-ring (bicyclic) bond motifs is 1. The second-order valence-corrected chi connectivity index (χ2v) is 8.23. The SMILES string of the molecule is CC(C)[C@H](NC(=O)c1ccc(Cl)c([N+](=O)[O-])c1)C(=O)OCc1cc(Cl)cc2c1OCOC2. The van der Waals surface area contributed by atoms with Crippen LogP contribution in [0.1, 0.15) is 35.3 Å². The van der Waals surface area contributed by atoms with E-state index in [2.05, 4.69) is 5.32 Å². The van der Waals surface area contributed by atoms with Gasteiger partial charge < -0.3 is 19.5 Å². The van der Waals surface area contributed by atoms with Crippen molar-refractivity contribution in [3.63, 3.8) is 0 Å². The Balaban J connectivity index is 1.72. The smallest absolute Gasteiger partial charge is 0.329 e. The minimum absolute atomic E-state index is 0.00291.